The lowest BCUT2D eigenvalue weighted by atomic mass is 9.77. The maximum absolute atomic E-state index is 12.9. The van der Waals surface area contributed by atoms with Crippen LogP contribution in [0.1, 0.15) is 39.5 Å². The van der Waals surface area contributed by atoms with Gasteiger partial charge in [0.05, 0.1) is 0 Å². The van der Waals surface area contributed by atoms with Crippen LogP contribution in [0.5, 0.6) is 0 Å². The highest BCUT2D eigenvalue weighted by molar-refractivity contribution is 6.40. The minimum absolute atomic E-state index is 0.0149. The summed E-state index contributed by atoms with van der Waals surface area (Å²) in [6.45, 7) is 5.20. The van der Waals surface area contributed by atoms with Gasteiger partial charge >= 0.3 is 19.1 Å². The molecule has 2 aliphatic heterocycles. The van der Waals surface area contributed by atoms with Crippen molar-refractivity contribution in [3.63, 3.8) is 0 Å². The molecule has 0 amide bonds. The zero-order chi connectivity index (χ0) is 20.7. The number of fused-ring (bicyclic) bond motifs is 1. The third-order valence-electron chi connectivity index (χ3n) is 5.82. The second-order valence-corrected chi connectivity index (χ2v) is 8.11. The van der Waals surface area contributed by atoms with Crippen molar-refractivity contribution >= 4 is 19.1 Å². The normalized spacial score (nSPS) is 27.5. The molecular weight excluding hydrogens is 365 g/mol. The number of hydrogen-bond acceptors (Lipinski definition) is 9. The van der Waals surface area contributed by atoms with Gasteiger partial charge < -0.3 is 35.9 Å². The molecular formula is C18H34BN3O6. The van der Waals surface area contributed by atoms with E-state index in [1.54, 1.807) is 0 Å². The molecule has 10 heteroatoms. The summed E-state index contributed by atoms with van der Waals surface area (Å²) < 4.78 is 10.6. The van der Waals surface area contributed by atoms with Crippen molar-refractivity contribution in [3.8, 4) is 0 Å². The molecule has 2 aliphatic rings. The summed E-state index contributed by atoms with van der Waals surface area (Å²) >= 11 is 0. The molecule has 2 fully saturated rings. The van der Waals surface area contributed by atoms with E-state index in [0.29, 0.717) is 25.8 Å². The van der Waals surface area contributed by atoms with Crippen LogP contribution in [0.2, 0.25) is 6.32 Å². The molecule has 2 rings (SSSR count). The van der Waals surface area contributed by atoms with Crippen LogP contribution in [0, 0.1) is 11.8 Å². The van der Waals surface area contributed by atoms with Crippen LogP contribution >= 0.6 is 0 Å². The van der Waals surface area contributed by atoms with E-state index in [-0.39, 0.29) is 43.4 Å². The Morgan fingerprint density at radius 2 is 1.96 bits per heavy atom. The SMILES string of the molecule is CC(C)C(N)C(=O)OCCOC(=O)[C@]1(CCCCB(O)O)NC[C@@H]2NCC[C@@H]21. The molecule has 0 aromatic heterocycles. The second kappa shape index (κ2) is 10.5. The first kappa shape index (κ1) is 23.1. The molecule has 0 aliphatic carbocycles. The summed E-state index contributed by atoms with van der Waals surface area (Å²) in [5.74, 6) is -0.721. The highest BCUT2D eigenvalue weighted by Crippen LogP contribution is 2.38. The topological polar surface area (TPSA) is 143 Å². The summed E-state index contributed by atoms with van der Waals surface area (Å²) in [7, 11) is -1.33. The van der Waals surface area contributed by atoms with E-state index in [4.69, 9.17) is 25.3 Å². The van der Waals surface area contributed by atoms with Crippen LogP contribution in [0.25, 0.3) is 0 Å². The van der Waals surface area contributed by atoms with Crippen molar-refractivity contribution in [2.24, 2.45) is 17.6 Å². The van der Waals surface area contributed by atoms with Crippen LogP contribution in [0.4, 0.5) is 0 Å². The lowest BCUT2D eigenvalue weighted by Gasteiger charge is -2.32. The number of hydrogen-bond donors (Lipinski definition) is 5. The van der Waals surface area contributed by atoms with Crippen molar-refractivity contribution in [2.75, 3.05) is 26.3 Å². The van der Waals surface area contributed by atoms with E-state index in [9.17, 15) is 9.59 Å². The molecule has 9 nitrogen and oxygen atoms in total. The minimum Gasteiger partial charge on any atom is -0.461 e. The molecule has 1 unspecified atom stereocenters. The third kappa shape index (κ3) is 5.67. The van der Waals surface area contributed by atoms with Gasteiger partial charge in [-0.05, 0) is 31.6 Å². The van der Waals surface area contributed by atoms with Gasteiger partial charge in [0, 0.05) is 18.5 Å². The van der Waals surface area contributed by atoms with Gasteiger partial charge in [-0.2, -0.15) is 0 Å². The van der Waals surface area contributed by atoms with Crippen LogP contribution in [-0.2, 0) is 19.1 Å². The molecule has 0 aromatic carbocycles. The second-order valence-electron chi connectivity index (χ2n) is 8.11. The zero-order valence-electron chi connectivity index (χ0n) is 16.9. The van der Waals surface area contributed by atoms with Gasteiger partial charge in [0.1, 0.15) is 24.8 Å². The Balaban J connectivity index is 1.86. The number of ether oxygens (including phenoxy) is 2. The molecule has 0 saturated carbocycles. The minimum atomic E-state index is -1.33. The Labute approximate surface area is 166 Å². The van der Waals surface area contributed by atoms with Crippen molar-refractivity contribution in [3.05, 3.63) is 0 Å². The highest BCUT2D eigenvalue weighted by Gasteiger charge is 2.55. The van der Waals surface area contributed by atoms with Crippen molar-refractivity contribution < 1.29 is 29.1 Å². The maximum atomic E-state index is 12.9. The maximum Gasteiger partial charge on any atom is 0.451 e. The number of unbranched alkanes of at least 4 members (excludes halogenated alkanes) is 1. The standard InChI is InChI=1S/C18H34BN3O6/c1-12(2)15(20)16(23)27-9-10-28-17(24)18(6-3-4-7-19(25)26)13-5-8-21-14(13)11-22-18/h12-15,21-22,25-26H,3-11,20H2,1-2H3/t13-,14-,15?,18+/m0/s1. The number of nitrogens with two attached hydrogens (primary N) is 1. The van der Waals surface area contributed by atoms with Gasteiger partial charge in [-0.3, -0.25) is 9.59 Å². The van der Waals surface area contributed by atoms with Gasteiger partial charge in [0.2, 0.25) is 0 Å². The Morgan fingerprint density at radius 1 is 1.25 bits per heavy atom. The summed E-state index contributed by atoms with van der Waals surface area (Å²) in [5.41, 5.74) is 4.95. The van der Waals surface area contributed by atoms with Gasteiger partial charge in [-0.25, -0.2) is 0 Å². The van der Waals surface area contributed by atoms with Crippen LogP contribution < -0.4 is 16.4 Å². The van der Waals surface area contributed by atoms with Gasteiger partial charge in [-0.1, -0.05) is 26.7 Å². The summed E-state index contributed by atoms with van der Waals surface area (Å²) in [6, 6.07) is -0.455. The summed E-state index contributed by atoms with van der Waals surface area (Å²) in [6.07, 6.45) is 3.03. The van der Waals surface area contributed by atoms with E-state index in [1.165, 1.54) is 0 Å². The van der Waals surface area contributed by atoms with Crippen LogP contribution in [-0.4, -0.2) is 73.0 Å². The Bertz CT molecular complexity index is 535. The quantitative estimate of drug-likeness (QED) is 0.168. The van der Waals surface area contributed by atoms with Gasteiger partial charge in [-0.15, -0.1) is 0 Å². The third-order valence-corrected chi connectivity index (χ3v) is 5.82. The molecule has 0 radical (unpaired) electrons. The first-order valence-electron chi connectivity index (χ1n) is 10.2. The zero-order valence-corrected chi connectivity index (χ0v) is 16.9. The predicted molar refractivity (Wildman–Crippen MR) is 104 cm³/mol. The smallest absolute Gasteiger partial charge is 0.451 e. The van der Waals surface area contributed by atoms with Crippen molar-refractivity contribution in [2.45, 2.75) is 63.5 Å². The average molecular weight is 399 g/mol. The average Bonchev–Trinajstić information content (AvgIpc) is 3.24. The van der Waals surface area contributed by atoms with Crippen molar-refractivity contribution in [1.82, 2.24) is 10.6 Å². The molecule has 6 N–H and O–H groups in total. The highest BCUT2D eigenvalue weighted by atomic mass is 16.6. The molecule has 28 heavy (non-hydrogen) atoms. The van der Waals surface area contributed by atoms with Crippen LogP contribution in [0.3, 0.4) is 0 Å². The first-order chi connectivity index (χ1) is 13.3. The summed E-state index contributed by atoms with van der Waals surface area (Å²) in [5, 5.41) is 24.8. The van der Waals surface area contributed by atoms with Gasteiger partial charge in [0.25, 0.3) is 0 Å². The largest absolute Gasteiger partial charge is 0.461 e. The number of carbonyl (C=O) groups excluding carboxylic acids is 2. The molecule has 2 heterocycles. The monoisotopic (exact) mass is 399 g/mol. The lowest BCUT2D eigenvalue weighted by molar-refractivity contribution is -0.159. The van der Waals surface area contributed by atoms with Gasteiger partial charge in [0.15, 0.2) is 0 Å². The Kier molecular flexibility index (Phi) is 8.69. The summed E-state index contributed by atoms with van der Waals surface area (Å²) in [4.78, 5) is 24.7. The van der Waals surface area contributed by atoms with E-state index in [2.05, 4.69) is 10.6 Å². The Morgan fingerprint density at radius 3 is 2.64 bits per heavy atom. The number of esters is 2. The van der Waals surface area contributed by atoms with E-state index in [1.807, 2.05) is 13.8 Å². The number of carbonyl (C=O) groups is 2. The van der Waals surface area contributed by atoms with Crippen molar-refractivity contribution in [1.29, 1.82) is 0 Å². The molecule has 0 aromatic rings. The van der Waals surface area contributed by atoms with Crippen LogP contribution in [0.15, 0.2) is 0 Å². The van der Waals surface area contributed by atoms with E-state index < -0.39 is 24.7 Å². The molecule has 160 valence electrons. The predicted octanol–water partition coefficient (Wildman–Crippen LogP) is -0.981. The fourth-order valence-corrected chi connectivity index (χ4v) is 4.10. The Hall–Kier alpha value is -1.20. The molecule has 0 spiro atoms. The molecule has 2 saturated heterocycles. The molecule has 0 bridgehead atoms. The number of nitrogens with one attached hydrogen (secondary N) is 2. The van der Waals surface area contributed by atoms with E-state index >= 15 is 0 Å². The lowest BCUT2D eigenvalue weighted by Crippen LogP contribution is -2.53. The van der Waals surface area contributed by atoms with E-state index in [0.717, 1.165) is 13.0 Å². The fraction of sp³-hybridized carbons (Fsp3) is 0.889. The molecule has 4 atom stereocenters. The number of rotatable bonds is 11. The first-order valence-corrected chi connectivity index (χ1v) is 10.2. The fourth-order valence-electron chi connectivity index (χ4n) is 4.10.